The van der Waals surface area contributed by atoms with Crippen LogP contribution in [0.2, 0.25) is 10.0 Å². The summed E-state index contributed by atoms with van der Waals surface area (Å²) in [6, 6.07) is 5.32. The van der Waals surface area contributed by atoms with Gasteiger partial charge in [0.1, 0.15) is 17.5 Å². The Hall–Kier alpha value is -2.36. The van der Waals surface area contributed by atoms with Crippen molar-refractivity contribution in [2.75, 3.05) is 5.32 Å². The Morgan fingerprint density at radius 2 is 2.08 bits per heavy atom. The van der Waals surface area contributed by atoms with Gasteiger partial charge >= 0.3 is 0 Å². The molecule has 1 aromatic carbocycles. The summed E-state index contributed by atoms with van der Waals surface area (Å²) < 4.78 is 1.94. The highest BCUT2D eigenvalue weighted by atomic mass is 35.5. The number of nitrogens with zero attached hydrogens (tertiary/aromatic N) is 4. The average molecular weight is 374 g/mol. The van der Waals surface area contributed by atoms with Crippen molar-refractivity contribution in [3.05, 3.63) is 39.4 Å². The minimum atomic E-state index is -0.387. The lowest BCUT2D eigenvalue weighted by atomic mass is 10.0. The first-order valence-electron chi connectivity index (χ1n) is 7.97. The SMILES string of the molecule is N#CC(=C1C(=O)Nc2c(Cl)cc(Cl)cc21)c1nnc2n1CCCCC2. The summed E-state index contributed by atoms with van der Waals surface area (Å²) in [5, 5.41) is 21.6. The smallest absolute Gasteiger partial charge is 0.257 e. The van der Waals surface area contributed by atoms with Crippen molar-refractivity contribution in [1.82, 2.24) is 14.8 Å². The number of aryl methyl sites for hydroxylation is 1. The standard InChI is InChI=1S/C17H13Cl2N5O/c18-9-6-10-14(17(25)21-15(10)12(19)7-9)11(8-20)16-23-22-13-4-2-1-3-5-24(13)16/h6-7H,1-5H2,(H,21,25). The molecule has 0 unspecified atom stereocenters. The Balaban J connectivity index is 1.95. The summed E-state index contributed by atoms with van der Waals surface area (Å²) in [5.74, 6) is 0.888. The number of hydrogen-bond donors (Lipinski definition) is 1. The first-order chi connectivity index (χ1) is 12.1. The molecular formula is C17H13Cl2N5O. The van der Waals surface area contributed by atoms with E-state index in [1.54, 1.807) is 12.1 Å². The van der Waals surface area contributed by atoms with Crippen molar-refractivity contribution in [1.29, 1.82) is 5.26 Å². The molecule has 0 aliphatic carbocycles. The Kier molecular flexibility index (Phi) is 3.98. The minimum Gasteiger partial charge on any atom is -0.320 e. The molecule has 0 atom stereocenters. The molecule has 2 aromatic rings. The number of rotatable bonds is 1. The van der Waals surface area contributed by atoms with Crippen LogP contribution in [0, 0.1) is 11.3 Å². The van der Waals surface area contributed by atoms with Crippen molar-refractivity contribution in [2.24, 2.45) is 0 Å². The minimum absolute atomic E-state index is 0.190. The molecule has 25 heavy (non-hydrogen) atoms. The second-order valence-electron chi connectivity index (χ2n) is 6.03. The van der Waals surface area contributed by atoms with Crippen LogP contribution in [0.1, 0.15) is 36.5 Å². The predicted octanol–water partition coefficient (Wildman–Crippen LogP) is 3.70. The van der Waals surface area contributed by atoms with Gasteiger partial charge in [-0.15, -0.1) is 10.2 Å². The predicted molar refractivity (Wildman–Crippen MR) is 95.1 cm³/mol. The van der Waals surface area contributed by atoms with Crippen LogP contribution in [0.25, 0.3) is 11.1 Å². The van der Waals surface area contributed by atoms with Gasteiger partial charge < -0.3 is 9.88 Å². The molecule has 1 N–H and O–H groups in total. The van der Waals surface area contributed by atoms with Crippen LogP contribution in [-0.2, 0) is 17.8 Å². The van der Waals surface area contributed by atoms with E-state index < -0.39 is 0 Å². The average Bonchev–Trinajstić information content (AvgIpc) is 3.02. The summed E-state index contributed by atoms with van der Waals surface area (Å²) in [6.07, 6.45) is 3.97. The fourth-order valence-electron chi connectivity index (χ4n) is 3.33. The van der Waals surface area contributed by atoms with Crippen LogP contribution in [-0.4, -0.2) is 20.7 Å². The third kappa shape index (κ3) is 2.60. The summed E-state index contributed by atoms with van der Waals surface area (Å²) >= 11 is 12.3. The van der Waals surface area contributed by atoms with Gasteiger partial charge in [0, 0.05) is 23.6 Å². The maximum Gasteiger partial charge on any atom is 0.257 e. The molecule has 0 bridgehead atoms. The molecule has 0 saturated carbocycles. The van der Waals surface area contributed by atoms with Crippen LogP contribution < -0.4 is 5.32 Å². The molecule has 1 amide bonds. The van der Waals surface area contributed by atoms with Gasteiger partial charge in [-0.2, -0.15) is 5.26 Å². The van der Waals surface area contributed by atoms with E-state index in [1.165, 1.54) is 0 Å². The number of hydrogen-bond acceptors (Lipinski definition) is 4. The van der Waals surface area contributed by atoms with Crippen LogP contribution in [0.4, 0.5) is 5.69 Å². The van der Waals surface area contributed by atoms with E-state index in [2.05, 4.69) is 21.6 Å². The zero-order valence-corrected chi connectivity index (χ0v) is 14.7. The topological polar surface area (TPSA) is 83.6 Å². The van der Waals surface area contributed by atoms with E-state index in [-0.39, 0.29) is 17.1 Å². The number of aromatic nitrogens is 3. The quantitative estimate of drug-likeness (QED) is 0.610. The van der Waals surface area contributed by atoms with Crippen molar-refractivity contribution in [2.45, 2.75) is 32.2 Å². The molecular weight excluding hydrogens is 361 g/mol. The highest BCUT2D eigenvalue weighted by molar-refractivity contribution is 6.44. The molecule has 1 aromatic heterocycles. The number of carbonyl (C=O) groups excluding carboxylic acids is 1. The van der Waals surface area contributed by atoms with Crippen molar-refractivity contribution in [3.63, 3.8) is 0 Å². The monoisotopic (exact) mass is 373 g/mol. The van der Waals surface area contributed by atoms with Gasteiger partial charge in [-0.05, 0) is 25.0 Å². The van der Waals surface area contributed by atoms with E-state index in [1.807, 2.05) is 4.57 Å². The maximum absolute atomic E-state index is 12.5. The summed E-state index contributed by atoms with van der Waals surface area (Å²) in [5.41, 5.74) is 1.41. The maximum atomic E-state index is 12.5. The fraction of sp³-hybridized carbons (Fsp3) is 0.294. The number of fused-ring (bicyclic) bond motifs is 2. The Morgan fingerprint density at radius 1 is 1.24 bits per heavy atom. The fourth-order valence-corrected chi connectivity index (χ4v) is 3.87. The van der Waals surface area contributed by atoms with Gasteiger partial charge in [0.15, 0.2) is 5.82 Å². The molecule has 126 valence electrons. The first kappa shape index (κ1) is 16.1. The number of halogens is 2. The lowest BCUT2D eigenvalue weighted by molar-refractivity contribution is -0.110. The van der Waals surface area contributed by atoms with Gasteiger partial charge in [-0.25, -0.2) is 0 Å². The van der Waals surface area contributed by atoms with Gasteiger partial charge in [0.05, 0.1) is 16.3 Å². The first-order valence-corrected chi connectivity index (χ1v) is 8.73. The summed E-state index contributed by atoms with van der Waals surface area (Å²) in [7, 11) is 0. The van der Waals surface area contributed by atoms with E-state index in [0.717, 1.165) is 38.1 Å². The number of allylic oxidation sites excluding steroid dienone is 1. The number of anilines is 1. The molecule has 2 aliphatic heterocycles. The van der Waals surface area contributed by atoms with Crippen LogP contribution >= 0.6 is 23.2 Å². The molecule has 0 fully saturated rings. The van der Waals surface area contributed by atoms with Gasteiger partial charge in [0.2, 0.25) is 0 Å². The van der Waals surface area contributed by atoms with Gasteiger partial charge in [0.25, 0.3) is 5.91 Å². The van der Waals surface area contributed by atoms with E-state index in [0.29, 0.717) is 27.1 Å². The number of amides is 1. The molecule has 0 spiro atoms. The Bertz CT molecular complexity index is 970. The van der Waals surface area contributed by atoms with Crippen LogP contribution in [0.3, 0.4) is 0 Å². The number of nitriles is 1. The van der Waals surface area contributed by atoms with Crippen LogP contribution in [0.5, 0.6) is 0 Å². The molecule has 2 aliphatic rings. The Morgan fingerprint density at radius 3 is 2.88 bits per heavy atom. The third-order valence-corrected chi connectivity index (χ3v) is 5.00. The number of carbonyl (C=O) groups is 1. The number of benzene rings is 1. The van der Waals surface area contributed by atoms with Gasteiger partial charge in [-0.3, -0.25) is 4.79 Å². The molecule has 3 heterocycles. The van der Waals surface area contributed by atoms with Crippen molar-refractivity contribution < 1.29 is 4.79 Å². The van der Waals surface area contributed by atoms with Crippen molar-refractivity contribution in [3.8, 4) is 6.07 Å². The second kappa shape index (κ2) is 6.17. The van der Waals surface area contributed by atoms with Crippen LogP contribution in [0.15, 0.2) is 12.1 Å². The van der Waals surface area contributed by atoms with Crippen molar-refractivity contribution >= 4 is 45.9 Å². The molecule has 0 saturated heterocycles. The van der Waals surface area contributed by atoms with E-state index in [4.69, 9.17) is 23.2 Å². The van der Waals surface area contributed by atoms with Gasteiger partial charge in [-0.1, -0.05) is 29.6 Å². The molecule has 6 nitrogen and oxygen atoms in total. The highest BCUT2D eigenvalue weighted by Gasteiger charge is 2.32. The Labute approximate surface area is 154 Å². The second-order valence-corrected chi connectivity index (χ2v) is 6.87. The third-order valence-electron chi connectivity index (χ3n) is 4.48. The summed E-state index contributed by atoms with van der Waals surface area (Å²) in [4.78, 5) is 12.5. The molecule has 0 radical (unpaired) electrons. The molecule has 4 rings (SSSR count). The largest absolute Gasteiger partial charge is 0.320 e. The molecule has 8 heteroatoms. The van der Waals surface area contributed by atoms with E-state index in [9.17, 15) is 10.1 Å². The zero-order chi connectivity index (χ0) is 17.6. The lowest BCUT2D eigenvalue weighted by Gasteiger charge is -2.08. The normalized spacial score (nSPS) is 18.0. The lowest BCUT2D eigenvalue weighted by Crippen LogP contribution is -2.09. The van der Waals surface area contributed by atoms with E-state index >= 15 is 0 Å². The summed E-state index contributed by atoms with van der Waals surface area (Å²) in [6.45, 7) is 0.737. The zero-order valence-electron chi connectivity index (χ0n) is 13.1. The highest BCUT2D eigenvalue weighted by Crippen LogP contribution is 2.42. The number of nitrogens with one attached hydrogen (secondary N) is 1.